The van der Waals surface area contributed by atoms with Gasteiger partial charge in [0, 0.05) is 5.56 Å². The molecule has 0 saturated carbocycles. The maximum atomic E-state index is 11.2. The van der Waals surface area contributed by atoms with Gasteiger partial charge in [-0.3, -0.25) is 4.79 Å². The Morgan fingerprint density at radius 3 is 2.72 bits per heavy atom. The van der Waals surface area contributed by atoms with Crippen LogP contribution in [-0.4, -0.2) is 12.4 Å². The monoisotopic (exact) mass is 246 g/mol. The maximum Gasteiger partial charge on any atom is 0.159 e. The number of hydrogen-bond donors (Lipinski definition) is 0. The van der Waals surface area contributed by atoms with Crippen molar-refractivity contribution in [2.45, 2.75) is 39.5 Å². The van der Waals surface area contributed by atoms with Crippen molar-refractivity contribution in [1.82, 2.24) is 0 Å². The zero-order valence-corrected chi connectivity index (χ0v) is 11.4. The van der Waals surface area contributed by atoms with Gasteiger partial charge in [-0.2, -0.15) is 0 Å². The summed E-state index contributed by atoms with van der Waals surface area (Å²) in [6, 6.07) is 5.59. The fraction of sp³-hybridized carbons (Fsp3) is 0.438. The second-order valence-electron chi connectivity index (χ2n) is 4.52. The molecule has 2 heteroatoms. The van der Waals surface area contributed by atoms with Crippen molar-refractivity contribution in [2.24, 2.45) is 0 Å². The third-order valence-corrected chi connectivity index (χ3v) is 2.89. The van der Waals surface area contributed by atoms with E-state index in [2.05, 4.69) is 6.58 Å². The first-order chi connectivity index (χ1) is 8.65. The molecule has 0 aromatic heterocycles. The highest BCUT2D eigenvalue weighted by Gasteiger charge is 2.04. The van der Waals surface area contributed by atoms with E-state index in [0.29, 0.717) is 0 Å². The highest BCUT2D eigenvalue weighted by Crippen LogP contribution is 2.19. The van der Waals surface area contributed by atoms with Crippen LogP contribution in [0.25, 0.3) is 0 Å². The number of ketones is 1. The highest BCUT2D eigenvalue weighted by molar-refractivity contribution is 5.94. The Bertz CT molecular complexity index is 408. The van der Waals surface area contributed by atoms with E-state index < -0.39 is 0 Å². The van der Waals surface area contributed by atoms with Crippen LogP contribution in [0.5, 0.6) is 5.75 Å². The molecule has 0 fully saturated rings. The summed E-state index contributed by atoms with van der Waals surface area (Å²) in [5.41, 5.74) is 1.76. The van der Waals surface area contributed by atoms with E-state index >= 15 is 0 Å². The van der Waals surface area contributed by atoms with Crippen LogP contribution in [0.1, 0.15) is 48.5 Å². The van der Waals surface area contributed by atoms with Gasteiger partial charge >= 0.3 is 0 Å². The number of ether oxygens (including phenoxy) is 1. The van der Waals surface area contributed by atoms with Crippen LogP contribution in [0.3, 0.4) is 0 Å². The molecule has 98 valence electrons. The van der Waals surface area contributed by atoms with Crippen molar-refractivity contribution < 1.29 is 9.53 Å². The summed E-state index contributed by atoms with van der Waals surface area (Å²) >= 11 is 0. The second-order valence-corrected chi connectivity index (χ2v) is 4.52. The van der Waals surface area contributed by atoms with E-state index in [9.17, 15) is 4.79 Å². The highest BCUT2D eigenvalue weighted by atomic mass is 16.5. The molecule has 0 unspecified atom stereocenters. The first-order valence-electron chi connectivity index (χ1n) is 6.50. The standard InChI is InChI=1S/C16H22O2/c1-4-5-6-7-8-11-18-16-10-9-15(14(3)17)12-13(16)2/h4,9-10,12H,1,5-8,11H2,2-3H3. The summed E-state index contributed by atoms with van der Waals surface area (Å²) in [6.45, 7) is 7.98. The Labute approximate surface area is 110 Å². The predicted molar refractivity (Wildman–Crippen MR) is 75.3 cm³/mol. The lowest BCUT2D eigenvalue weighted by molar-refractivity contribution is 0.101. The summed E-state index contributed by atoms with van der Waals surface area (Å²) in [6.07, 6.45) is 6.42. The molecule has 0 saturated heterocycles. The van der Waals surface area contributed by atoms with Gasteiger partial charge in [0.25, 0.3) is 0 Å². The van der Waals surface area contributed by atoms with Gasteiger partial charge in [-0.25, -0.2) is 0 Å². The Morgan fingerprint density at radius 2 is 2.11 bits per heavy atom. The van der Waals surface area contributed by atoms with E-state index in [1.165, 1.54) is 6.42 Å². The molecule has 0 spiro atoms. The zero-order chi connectivity index (χ0) is 13.4. The minimum atomic E-state index is 0.0917. The van der Waals surface area contributed by atoms with Crippen molar-refractivity contribution in [2.75, 3.05) is 6.61 Å². The van der Waals surface area contributed by atoms with Gasteiger partial charge < -0.3 is 4.74 Å². The number of benzene rings is 1. The molecule has 0 radical (unpaired) electrons. The number of allylic oxidation sites excluding steroid dienone is 1. The molecule has 0 amide bonds. The first kappa shape index (κ1) is 14.5. The minimum Gasteiger partial charge on any atom is -0.493 e. The lowest BCUT2D eigenvalue weighted by atomic mass is 10.1. The third kappa shape index (κ3) is 4.74. The van der Waals surface area contributed by atoms with Gasteiger partial charge in [0.15, 0.2) is 5.78 Å². The summed E-state index contributed by atoms with van der Waals surface area (Å²) in [5, 5.41) is 0. The van der Waals surface area contributed by atoms with Gasteiger partial charge in [0.2, 0.25) is 0 Å². The topological polar surface area (TPSA) is 26.3 Å². The number of aryl methyl sites for hydroxylation is 1. The smallest absolute Gasteiger partial charge is 0.159 e. The largest absolute Gasteiger partial charge is 0.493 e. The van der Waals surface area contributed by atoms with Crippen LogP contribution >= 0.6 is 0 Å². The fourth-order valence-electron chi connectivity index (χ4n) is 1.78. The maximum absolute atomic E-state index is 11.2. The summed E-state index contributed by atoms with van der Waals surface area (Å²) in [7, 11) is 0. The van der Waals surface area contributed by atoms with Gasteiger partial charge in [-0.1, -0.05) is 6.08 Å². The Hall–Kier alpha value is -1.57. The number of hydrogen-bond acceptors (Lipinski definition) is 2. The Morgan fingerprint density at radius 1 is 1.33 bits per heavy atom. The van der Waals surface area contributed by atoms with Gasteiger partial charge in [0.05, 0.1) is 6.61 Å². The lowest BCUT2D eigenvalue weighted by Gasteiger charge is -2.09. The molecule has 0 aliphatic heterocycles. The van der Waals surface area contributed by atoms with Crippen molar-refractivity contribution in [1.29, 1.82) is 0 Å². The molecule has 0 aliphatic rings. The summed E-state index contributed by atoms with van der Waals surface area (Å²) in [4.78, 5) is 11.2. The Balaban J connectivity index is 2.38. The number of carbonyl (C=O) groups excluding carboxylic acids is 1. The van der Waals surface area contributed by atoms with Gasteiger partial charge in [-0.05, 0) is 63.3 Å². The van der Waals surface area contributed by atoms with Crippen LogP contribution in [0, 0.1) is 6.92 Å². The molecule has 0 N–H and O–H groups in total. The molecular formula is C16H22O2. The number of carbonyl (C=O) groups is 1. The van der Waals surface area contributed by atoms with Gasteiger partial charge in [0.1, 0.15) is 5.75 Å². The molecule has 0 heterocycles. The average molecular weight is 246 g/mol. The molecule has 0 aliphatic carbocycles. The molecule has 18 heavy (non-hydrogen) atoms. The van der Waals surface area contributed by atoms with Crippen LogP contribution in [0.15, 0.2) is 30.9 Å². The van der Waals surface area contributed by atoms with Crippen LogP contribution < -0.4 is 4.74 Å². The zero-order valence-electron chi connectivity index (χ0n) is 11.4. The molecule has 1 rings (SSSR count). The van der Waals surface area contributed by atoms with E-state index in [-0.39, 0.29) is 5.78 Å². The lowest BCUT2D eigenvalue weighted by Crippen LogP contribution is -2.00. The van der Waals surface area contributed by atoms with Crippen molar-refractivity contribution >= 4 is 5.78 Å². The second kappa shape index (κ2) is 7.70. The normalized spacial score (nSPS) is 10.1. The van der Waals surface area contributed by atoms with Crippen LogP contribution in [0.2, 0.25) is 0 Å². The number of Topliss-reactive ketones (excluding diaryl/α,β-unsaturated/α-hetero) is 1. The molecular weight excluding hydrogens is 224 g/mol. The molecule has 0 bridgehead atoms. The Kier molecular flexibility index (Phi) is 6.20. The SMILES string of the molecule is C=CCCCCCOc1ccc(C(C)=O)cc1C. The summed E-state index contributed by atoms with van der Waals surface area (Å²) < 4.78 is 5.71. The third-order valence-electron chi connectivity index (χ3n) is 2.89. The van der Waals surface area contributed by atoms with Crippen molar-refractivity contribution in [3.63, 3.8) is 0 Å². The predicted octanol–water partition coefficient (Wildman–Crippen LogP) is 4.32. The number of rotatable bonds is 8. The van der Waals surface area contributed by atoms with Crippen LogP contribution in [-0.2, 0) is 0 Å². The van der Waals surface area contributed by atoms with Crippen molar-refractivity contribution in [3.05, 3.63) is 42.0 Å². The summed E-state index contributed by atoms with van der Waals surface area (Å²) in [5.74, 6) is 0.970. The van der Waals surface area contributed by atoms with E-state index in [1.54, 1.807) is 6.92 Å². The molecule has 1 aromatic rings. The fourth-order valence-corrected chi connectivity index (χ4v) is 1.78. The van der Waals surface area contributed by atoms with E-state index in [1.807, 2.05) is 31.2 Å². The van der Waals surface area contributed by atoms with E-state index in [0.717, 1.165) is 42.7 Å². The molecule has 2 nitrogen and oxygen atoms in total. The number of unbranched alkanes of at least 4 members (excludes halogenated alkanes) is 3. The molecule has 0 atom stereocenters. The van der Waals surface area contributed by atoms with Crippen molar-refractivity contribution in [3.8, 4) is 5.75 Å². The van der Waals surface area contributed by atoms with E-state index in [4.69, 9.17) is 4.74 Å². The minimum absolute atomic E-state index is 0.0917. The van der Waals surface area contributed by atoms with Crippen LogP contribution in [0.4, 0.5) is 0 Å². The quantitative estimate of drug-likeness (QED) is 0.388. The van der Waals surface area contributed by atoms with Gasteiger partial charge in [-0.15, -0.1) is 6.58 Å². The first-order valence-corrected chi connectivity index (χ1v) is 6.50. The molecule has 1 aromatic carbocycles. The average Bonchev–Trinajstić information content (AvgIpc) is 2.35.